The van der Waals surface area contributed by atoms with Crippen LogP contribution in [0.4, 0.5) is 4.79 Å². The summed E-state index contributed by atoms with van der Waals surface area (Å²) in [7, 11) is 2.07. The number of hydrogen-bond donors (Lipinski definition) is 0. The monoisotopic (exact) mass is 325 g/mol. The van der Waals surface area contributed by atoms with Crippen molar-refractivity contribution in [2.45, 2.75) is 45.4 Å². The van der Waals surface area contributed by atoms with E-state index in [1.54, 1.807) is 17.2 Å². The average molecular weight is 326 g/mol. The van der Waals surface area contributed by atoms with E-state index in [0.29, 0.717) is 17.7 Å². The van der Waals surface area contributed by atoms with Crippen LogP contribution in [0.5, 0.6) is 0 Å². The molecule has 2 rings (SSSR count). The third-order valence-corrected chi connectivity index (χ3v) is 3.88. The number of hydrogen-bond acceptors (Lipinski definition) is 4. The second-order valence-corrected chi connectivity index (χ2v) is 7.16. The highest BCUT2D eigenvalue weighted by molar-refractivity contribution is 6.29. The fourth-order valence-electron chi connectivity index (χ4n) is 2.51. The first-order valence-electron chi connectivity index (χ1n) is 7.53. The lowest BCUT2D eigenvalue weighted by Gasteiger charge is -2.26. The van der Waals surface area contributed by atoms with E-state index in [9.17, 15) is 4.79 Å². The van der Waals surface area contributed by atoms with Crippen molar-refractivity contribution < 1.29 is 9.53 Å². The summed E-state index contributed by atoms with van der Waals surface area (Å²) in [4.78, 5) is 20.2. The molecule has 1 amide bonds. The van der Waals surface area contributed by atoms with Crippen LogP contribution in [-0.2, 0) is 11.3 Å². The predicted molar refractivity (Wildman–Crippen MR) is 86.9 cm³/mol. The van der Waals surface area contributed by atoms with E-state index in [2.05, 4.69) is 16.9 Å². The summed E-state index contributed by atoms with van der Waals surface area (Å²) < 4.78 is 5.42. The molecule has 0 radical (unpaired) electrons. The summed E-state index contributed by atoms with van der Waals surface area (Å²) in [6.45, 7) is 7.89. The molecule has 122 valence electrons. The minimum atomic E-state index is -0.448. The summed E-state index contributed by atoms with van der Waals surface area (Å²) in [5, 5.41) is 0.503. The lowest BCUT2D eigenvalue weighted by molar-refractivity contribution is 0.0282. The van der Waals surface area contributed by atoms with Crippen molar-refractivity contribution >= 4 is 17.7 Å². The SMILES string of the molecule is CN(Cc1ccc(Cl)nc1)[C@H]1CCN(C(=O)OC(C)(C)C)C1. The molecule has 0 unspecified atom stereocenters. The van der Waals surface area contributed by atoms with Gasteiger partial charge < -0.3 is 9.64 Å². The Labute approximate surface area is 137 Å². The van der Waals surface area contributed by atoms with Gasteiger partial charge in [-0.2, -0.15) is 0 Å². The van der Waals surface area contributed by atoms with Crippen LogP contribution in [0.2, 0.25) is 5.15 Å². The van der Waals surface area contributed by atoms with Crippen LogP contribution < -0.4 is 0 Å². The van der Waals surface area contributed by atoms with Crippen molar-refractivity contribution in [2.75, 3.05) is 20.1 Å². The molecular formula is C16H24ClN3O2. The molecule has 1 saturated heterocycles. The molecule has 1 aromatic heterocycles. The molecule has 0 saturated carbocycles. The first-order chi connectivity index (χ1) is 10.2. The molecule has 1 fully saturated rings. The van der Waals surface area contributed by atoms with E-state index < -0.39 is 5.60 Å². The van der Waals surface area contributed by atoms with Gasteiger partial charge in [0.1, 0.15) is 10.8 Å². The lowest BCUT2D eigenvalue weighted by Crippen LogP contribution is -2.38. The maximum Gasteiger partial charge on any atom is 0.410 e. The van der Waals surface area contributed by atoms with E-state index in [0.717, 1.165) is 25.1 Å². The van der Waals surface area contributed by atoms with Crippen molar-refractivity contribution in [3.63, 3.8) is 0 Å². The summed E-state index contributed by atoms with van der Waals surface area (Å²) >= 11 is 5.80. The minimum absolute atomic E-state index is 0.225. The highest BCUT2D eigenvalue weighted by Crippen LogP contribution is 2.19. The van der Waals surface area contributed by atoms with Gasteiger partial charge in [-0.05, 0) is 45.9 Å². The van der Waals surface area contributed by atoms with Gasteiger partial charge >= 0.3 is 6.09 Å². The summed E-state index contributed by atoms with van der Waals surface area (Å²) in [6.07, 6.45) is 2.52. The number of rotatable bonds is 3. The summed E-state index contributed by atoms with van der Waals surface area (Å²) in [6, 6.07) is 4.11. The van der Waals surface area contributed by atoms with Crippen molar-refractivity contribution in [1.29, 1.82) is 0 Å². The molecule has 6 heteroatoms. The van der Waals surface area contributed by atoms with Crippen LogP contribution in [0.3, 0.4) is 0 Å². The third kappa shape index (κ3) is 4.85. The van der Waals surface area contributed by atoms with Gasteiger partial charge in [0.25, 0.3) is 0 Å². The Bertz CT molecular complexity index is 513. The van der Waals surface area contributed by atoms with Crippen molar-refractivity contribution in [2.24, 2.45) is 0 Å². The fourth-order valence-corrected chi connectivity index (χ4v) is 2.62. The molecule has 2 heterocycles. The van der Waals surface area contributed by atoms with Crippen LogP contribution in [0, 0.1) is 0 Å². The lowest BCUT2D eigenvalue weighted by atomic mass is 10.2. The number of carbonyl (C=O) groups is 1. The largest absolute Gasteiger partial charge is 0.444 e. The zero-order valence-corrected chi connectivity index (χ0v) is 14.4. The van der Waals surface area contributed by atoms with Gasteiger partial charge in [0.2, 0.25) is 0 Å². The second-order valence-electron chi connectivity index (χ2n) is 6.77. The number of pyridine rings is 1. The molecule has 1 aromatic rings. The van der Waals surface area contributed by atoms with Gasteiger partial charge in [-0.25, -0.2) is 9.78 Å². The normalized spacial score (nSPS) is 18.8. The zero-order valence-electron chi connectivity index (χ0n) is 13.7. The van der Waals surface area contributed by atoms with Crippen LogP contribution in [-0.4, -0.2) is 52.7 Å². The quantitative estimate of drug-likeness (QED) is 0.801. The molecule has 1 aliphatic rings. The van der Waals surface area contributed by atoms with Crippen LogP contribution in [0.1, 0.15) is 32.8 Å². The minimum Gasteiger partial charge on any atom is -0.444 e. The Hall–Kier alpha value is -1.33. The molecule has 0 aliphatic carbocycles. The molecule has 0 bridgehead atoms. The molecule has 1 aliphatic heterocycles. The van der Waals surface area contributed by atoms with E-state index in [4.69, 9.17) is 16.3 Å². The Morgan fingerprint density at radius 1 is 1.50 bits per heavy atom. The molecule has 0 N–H and O–H groups in total. The van der Waals surface area contributed by atoms with Crippen LogP contribution >= 0.6 is 11.6 Å². The van der Waals surface area contributed by atoms with E-state index in [1.165, 1.54) is 0 Å². The Morgan fingerprint density at radius 2 is 2.23 bits per heavy atom. The average Bonchev–Trinajstić information content (AvgIpc) is 2.89. The predicted octanol–water partition coefficient (Wildman–Crippen LogP) is 3.18. The highest BCUT2D eigenvalue weighted by atomic mass is 35.5. The number of likely N-dealkylation sites (tertiary alicyclic amines) is 1. The third-order valence-electron chi connectivity index (χ3n) is 3.66. The molecular weight excluding hydrogens is 302 g/mol. The van der Waals surface area contributed by atoms with Crippen molar-refractivity contribution in [3.8, 4) is 0 Å². The topological polar surface area (TPSA) is 45.7 Å². The van der Waals surface area contributed by atoms with Crippen LogP contribution in [0.15, 0.2) is 18.3 Å². The van der Waals surface area contributed by atoms with E-state index in [1.807, 2.05) is 26.8 Å². The van der Waals surface area contributed by atoms with E-state index in [-0.39, 0.29) is 6.09 Å². The molecule has 0 spiro atoms. The maximum atomic E-state index is 12.1. The number of aromatic nitrogens is 1. The van der Waals surface area contributed by atoms with E-state index >= 15 is 0 Å². The summed E-state index contributed by atoms with van der Waals surface area (Å²) in [5.74, 6) is 0. The fraction of sp³-hybridized carbons (Fsp3) is 0.625. The second kappa shape index (κ2) is 6.84. The maximum absolute atomic E-state index is 12.1. The van der Waals surface area contributed by atoms with Crippen LogP contribution in [0.25, 0.3) is 0 Å². The Balaban J connectivity index is 1.87. The van der Waals surface area contributed by atoms with Crippen molar-refractivity contribution in [1.82, 2.24) is 14.8 Å². The molecule has 5 nitrogen and oxygen atoms in total. The Morgan fingerprint density at radius 3 is 2.82 bits per heavy atom. The van der Waals surface area contributed by atoms with Gasteiger partial charge in [0, 0.05) is 31.9 Å². The number of amides is 1. The number of carbonyl (C=O) groups excluding carboxylic acids is 1. The number of ether oxygens (including phenoxy) is 1. The van der Waals surface area contributed by atoms with Gasteiger partial charge in [0.05, 0.1) is 0 Å². The number of halogens is 1. The van der Waals surface area contributed by atoms with Gasteiger partial charge in [-0.15, -0.1) is 0 Å². The zero-order chi connectivity index (χ0) is 16.3. The standard InChI is InChI=1S/C16H24ClN3O2/c1-16(2,3)22-15(21)20-8-7-13(11-20)19(4)10-12-5-6-14(17)18-9-12/h5-6,9,13H,7-8,10-11H2,1-4H3/t13-/m0/s1. The first kappa shape index (κ1) is 17.0. The molecule has 1 atom stereocenters. The Kier molecular flexibility index (Phi) is 5.29. The summed E-state index contributed by atoms with van der Waals surface area (Å²) in [5.41, 5.74) is 0.665. The molecule has 22 heavy (non-hydrogen) atoms. The van der Waals surface area contributed by atoms with Gasteiger partial charge in [-0.3, -0.25) is 4.90 Å². The number of nitrogens with zero attached hydrogens (tertiary/aromatic N) is 3. The van der Waals surface area contributed by atoms with Gasteiger partial charge in [0.15, 0.2) is 0 Å². The van der Waals surface area contributed by atoms with Gasteiger partial charge in [-0.1, -0.05) is 17.7 Å². The molecule has 0 aromatic carbocycles. The first-order valence-corrected chi connectivity index (χ1v) is 7.91. The van der Waals surface area contributed by atoms with Crippen molar-refractivity contribution in [3.05, 3.63) is 29.0 Å². The number of likely N-dealkylation sites (N-methyl/N-ethyl adjacent to an activating group) is 1. The smallest absolute Gasteiger partial charge is 0.410 e. The highest BCUT2D eigenvalue weighted by Gasteiger charge is 2.31.